The highest BCUT2D eigenvalue weighted by Crippen LogP contribution is 2.49. The van der Waals surface area contributed by atoms with Crippen molar-refractivity contribution in [3.63, 3.8) is 0 Å². The summed E-state index contributed by atoms with van der Waals surface area (Å²) < 4.78 is 15.8. The second-order valence-corrected chi connectivity index (χ2v) is 21.6. The Balaban J connectivity index is 1.45. The summed E-state index contributed by atoms with van der Waals surface area (Å²) >= 11 is 1.45. The summed E-state index contributed by atoms with van der Waals surface area (Å²) in [5.74, 6) is -6.00. The molecule has 5 rings (SSSR count). The molecule has 14 nitrogen and oxygen atoms in total. The third-order valence-electron chi connectivity index (χ3n) is 11.9. The number of rotatable bonds is 26. The maximum Gasteiger partial charge on any atom is 0.408 e. The van der Waals surface area contributed by atoms with Crippen molar-refractivity contribution in [1.82, 2.24) is 16.0 Å². The molecule has 0 aliphatic rings. The SMILES string of the molecule is CCOC(=O)[C@H](CSC(c1ccccc1)(c1ccccc1)c1ccccc1)CC(=O)[C@H](CC(=O)OC(C)(C)C)NC(=O)[C@H](CNC(=O)[C@@H](CC(=O)[C@@H](N)Cc1ccccc1)Cc1ccccc1)NC(=O)OC(C)(C)C. The van der Waals surface area contributed by atoms with Crippen LogP contribution in [0.2, 0.25) is 0 Å². The van der Waals surface area contributed by atoms with Crippen LogP contribution in [-0.4, -0.2) is 89.6 Å². The van der Waals surface area contributed by atoms with E-state index < -0.39 is 101 Å². The van der Waals surface area contributed by atoms with Gasteiger partial charge in [-0.15, -0.1) is 11.8 Å². The Morgan fingerprint density at radius 1 is 0.533 bits per heavy atom. The van der Waals surface area contributed by atoms with E-state index in [1.807, 2.05) is 152 Å². The van der Waals surface area contributed by atoms with Crippen molar-refractivity contribution in [3.8, 4) is 0 Å². The fourth-order valence-electron chi connectivity index (χ4n) is 8.46. The Bertz CT molecular complexity index is 2550. The van der Waals surface area contributed by atoms with Gasteiger partial charge < -0.3 is 35.9 Å². The van der Waals surface area contributed by atoms with Gasteiger partial charge in [-0.25, -0.2) is 4.79 Å². The zero-order valence-electron chi connectivity index (χ0n) is 44.0. The van der Waals surface area contributed by atoms with E-state index in [4.69, 9.17) is 19.9 Å². The number of nitrogens with two attached hydrogens (primary N) is 1. The zero-order chi connectivity index (χ0) is 54.6. The first-order valence-electron chi connectivity index (χ1n) is 25.3. The molecule has 15 heteroatoms. The fraction of sp³-hybridized carbons (Fsp3) is 0.383. The molecule has 0 spiro atoms. The quantitative estimate of drug-likeness (QED) is 0.0234. The number of ketones is 2. The summed E-state index contributed by atoms with van der Waals surface area (Å²) in [7, 11) is 0. The maximum absolute atomic E-state index is 14.8. The molecule has 398 valence electrons. The fourth-order valence-corrected chi connectivity index (χ4v) is 10.1. The van der Waals surface area contributed by atoms with Crippen molar-refractivity contribution in [2.24, 2.45) is 17.6 Å². The monoisotopic (exact) mass is 1040 g/mol. The van der Waals surface area contributed by atoms with Crippen molar-refractivity contribution in [2.45, 2.75) is 115 Å². The Morgan fingerprint density at radius 2 is 0.987 bits per heavy atom. The standard InChI is InChI=1S/C60H72N4O10S/c1-8-72-56(70)44(40-75-60(45-28-18-11-19-29-45,46-30-20-12-21-31-46)47-32-22-13-23-33-47)37-52(66)49(38-53(67)73-58(2,3)4)63-55(69)50(64-57(71)74-59(5,6)7)39-62-54(68)43(34-41-24-14-9-15-25-41)36-51(65)48(61)35-42-26-16-10-17-27-42/h9-33,43-44,48-50H,8,34-40,61H2,1-7H3,(H,62,68)(H,63,69)(H,64,71)/t43-,44+,48+,49+,50+/m1/s1. The molecule has 3 amide bonds. The van der Waals surface area contributed by atoms with E-state index in [0.29, 0.717) is 0 Å². The van der Waals surface area contributed by atoms with Gasteiger partial charge >= 0.3 is 18.0 Å². The van der Waals surface area contributed by atoms with E-state index in [0.717, 1.165) is 27.8 Å². The molecule has 0 heterocycles. The minimum Gasteiger partial charge on any atom is -0.466 e. The predicted octanol–water partition coefficient (Wildman–Crippen LogP) is 8.46. The smallest absolute Gasteiger partial charge is 0.408 e. The molecule has 5 aromatic carbocycles. The number of carbonyl (C=O) groups excluding carboxylic acids is 7. The van der Waals surface area contributed by atoms with Gasteiger partial charge in [0.15, 0.2) is 11.6 Å². The molecular formula is C60H72N4O10S. The summed E-state index contributed by atoms with van der Waals surface area (Å²) in [5.41, 5.74) is 8.83. The van der Waals surface area contributed by atoms with Gasteiger partial charge in [0.1, 0.15) is 17.2 Å². The van der Waals surface area contributed by atoms with Crippen LogP contribution in [0.25, 0.3) is 0 Å². The van der Waals surface area contributed by atoms with Gasteiger partial charge in [-0.3, -0.25) is 28.8 Å². The number of benzene rings is 5. The number of ether oxygens (including phenoxy) is 3. The highest BCUT2D eigenvalue weighted by Gasteiger charge is 2.40. The van der Waals surface area contributed by atoms with E-state index in [1.54, 1.807) is 48.5 Å². The molecule has 0 aliphatic heterocycles. The third-order valence-corrected chi connectivity index (χ3v) is 13.7. The highest BCUT2D eigenvalue weighted by atomic mass is 32.2. The molecule has 0 aliphatic carbocycles. The van der Waals surface area contributed by atoms with Gasteiger partial charge in [0.05, 0.1) is 35.8 Å². The topological polar surface area (TPSA) is 209 Å². The molecule has 0 aromatic heterocycles. The van der Waals surface area contributed by atoms with Gasteiger partial charge in [0, 0.05) is 31.1 Å². The first-order chi connectivity index (χ1) is 35.7. The summed E-state index contributed by atoms with van der Waals surface area (Å²) in [4.78, 5) is 98.2. The van der Waals surface area contributed by atoms with Crippen LogP contribution in [0.3, 0.4) is 0 Å². The van der Waals surface area contributed by atoms with E-state index >= 15 is 0 Å². The molecule has 0 saturated carbocycles. The summed E-state index contributed by atoms with van der Waals surface area (Å²) in [5, 5.41) is 7.92. The van der Waals surface area contributed by atoms with Gasteiger partial charge in [-0.1, -0.05) is 152 Å². The number of nitrogens with one attached hydrogen (secondary N) is 3. The molecule has 5 aromatic rings. The predicted molar refractivity (Wildman–Crippen MR) is 291 cm³/mol. The first kappa shape index (κ1) is 58.8. The van der Waals surface area contributed by atoms with Gasteiger partial charge in [-0.2, -0.15) is 0 Å². The number of esters is 2. The van der Waals surface area contributed by atoms with E-state index in [2.05, 4.69) is 16.0 Å². The number of carbonyl (C=O) groups is 7. The lowest BCUT2D eigenvalue weighted by atomic mass is 9.84. The Kier molecular flexibility index (Phi) is 21.9. The van der Waals surface area contributed by atoms with Crippen LogP contribution in [0.15, 0.2) is 152 Å². The Morgan fingerprint density at radius 3 is 1.45 bits per heavy atom. The van der Waals surface area contributed by atoms with Crippen LogP contribution < -0.4 is 21.7 Å². The lowest BCUT2D eigenvalue weighted by Gasteiger charge is -2.36. The summed E-state index contributed by atoms with van der Waals surface area (Å²) in [6.07, 6.45) is -1.91. The van der Waals surface area contributed by atoms with Gasteiger partial charge in [0.25, 0.3) is 0 Å². The number of hydrogen-bond donors (Lipinski definition) is 4. The van der Waals surface area contributed by atoms with Gasteiger partial charge in [-0.05, 0) is 89.1 Å². The van der Waals surface area contributed by atoms with Crippen molar-refractivity contribution in [1.29, 1.82) is 0 Å². The summed E-state index contributed by atoms with van der Waals surface area (Å²) in [6.45, 7) is 11.0. The number of Topliss-reactive ketones (excluding diaryl/α,β-unsaturated/α-hetero) is 2. The van der Waals surface area contributed by atoms with Crippen molar-refractivity contribution >= 4 is 53.2 Å². The van der Waals surface area contributed by atoms with E-state index in [9.17, 15) is 33.6 Å². The zero-order valence-corrected chi connectivity index (χ0v) is 44.9. The lowest BCUT2D eigenvalue weighted by molar-refractivity contribution is -0.156. The van der Waals surface area contributed by atoms with Crippen molar-refractivity contribution < 1.29 is 47.8 Å². The molecule has 0 unspecified atom stereocenters. The molecule has 5 N–H and O–H groups in total. The van der Waals surface area contributed by atoms with Crippen LogP contribution in [0.4, 0.5) is 4.79 Å². The van der Waals surface area contributed by atoms with Crippen molar-refractivity contribution in [2.75, 3.05) is 18.9 Å². The highest BCUT2D eigenvalue weighted by molar-refractivity contribution is 8.00. The van der Waals surface area contributed by atoms with Gasteiger partial charge in [0.2, 0.25) is 11.8 Å². The second-order valence-electron chi connectivity index (χ2n) is 20.4. The van der Waals surface area contributed by atoms with Crippen LogP contribution in [0, 0.1) is 11.8 Å². The van der Waals surface area contributed by atoms with E-state index in [1.165, 1.54) is 11.8 Å². The van der Waals surface area contributed by atoms with Crippen LogP contribution >= 0.6 is 11.8 Å². The molecule has 0 fully saturated rings. The average molecular weight is 1040 g/mol. The molecule has 5 atom stereocenters. The number of amides is 3. The van der Waals surface area contributed by atoms with Crippen LogP contribution in [0.5, 0.6) is 0 Å². The molecular weight excluding hydrogens is 969 g/mol. The van der Waals surface area contributed by atoms with Crippen molar-refractivity contribution in [3.05, 3.63) is 179 Å². The maximum atomic E-state index is 14.8. The van der Waals surface area contributed by atoms with Crippen LogP contribution in [0.1, 0.15) is 95.5 Å². The average Bonchev–Trinajstić information content (AvgIpc) is 3.37. The van der Waals surface area contributed by atoms with Crippen LogP contribution in [-0.2, 0) is 60.6 Å². The third kappa shape index (κ3) is 18.7. The minimum atomic E-state index is -1.58. The Hall–Kier alpha value is -7.10. The number of thioether (sulfide) groups is 1. The first-order valence-corrected chi connectivity index (χ1v) is 26.3. The second kappa shape index (κ2) is 28.0. The van der Waals surface area contributed by atoms with E-state index in [-0.39, 0.29) is 37.4 Å². The molecule has 75 heavy (non-hydrogen) atoms. The minimum absolute atomic E-state index is 0.0258. The number of alkyl carbamates (subject to hydrolysis) is 1. The molecule has 0 saturated heterocycles. The summed E-state index contributed by atoms with van der Waals surface area (Å²) in [6, 6.07) is 43.8. The Labute approximate surface area is 445 Å². The lowest BCUT2D eigenvalue weighted by Crippen LogP contribution is -2.57. The molecule has 0 radical (unpaired) electrons. The molecule has 0 bridgehead atoms. The number of hydrogen-bond acceptors (Lipinski definition) is 12. The largest absolute Gasteiger partial charge is 0.466 e. The normalized spacial score (nSPS) is 13.7.